The van der Waals surface area contributed by atoms with Crippen LogP contribution < -0.4 is 65.5 Å². The molecule has 712 valence electrons. The normalized spacial score (nSPS) is 26.6. The molecule has 40 heteroatoms. The van der Waals surface area contributed by atoms with E-state index < -0.39 is 236 Å². The second-order valence-electron chi connectivity index (χ2n) is 35.4. The minimum Gasteiger partial charge on any atom is -0.481 e. The number of para-hydroxylation sites is 2. The number of amides is 15. The lowest BCUT2D eigenvalue weighted by atomic mass is 9.97. The van der Waals surface area contributed by atoms with Gasteiger partial charge in [0.25, 0.3) is 5.91 Å². The van der Waals surface area contributed by atoms with Gasteiger partial charge in [0.15, 0.2) is 0 Å². The highest BCUT2D eigenvalue weighted by Gasteiger charge is 2.74. The van der Waals surface area contributed by atoms with Crippen molar-refractivity contribution in [2.24, 2.45) is 28.9 Å². The topological polar surface area (TPSA) is 591 Å². The van der Waals surface area contributed by atoms with Crippen molar-refractivity contribution < 1.29 is 96.8 Å². The first-order valence-corrected chi connectivity index (χ1v) is 45.4. The molecule has 40 nitrogen and oxygen atoms in total. The Labute approximate surface area is 759 Å². The number of H-pyrrole nitrogens is 1. The predicted molar refractivity (Wildman–Crippen MR) is 479 cm³/mol. The molecule has 5 saturated heterocycles. The van der Waals surface area contributed by atoms with E-state index in [-0.39, 0.29) is 109 Å². The standard InChI is InChI=1S/C91H128N20O20/c1-8-10-24-69-81(122)100-63(40-51(3)4)78(119)96-37-18-22-59(94)77(118)101-64(41-53-31-29-52(5)30-32-53)86(127)108-38-17-16-27-70(108)82(123)103-66(44-74(95)113)87(128)109-39-19-28-71(109)83(124)104-67(46-93)80(121)99-62(33-34-75(114)115)88(129)110-49-56(112)45-91(110)90(131)111(91)73(43-54-47-97-60-23-14-12-20-57(54)60)84(125)98-61(35-36-92)79(120)102-65(85(126)106(7)72(25-11-9-2)89(130)105(69)6)42-55-48-107(50-76(116)117)68-26-15-13-21-58(55)68/h12-15,20-21,23,26,29-32,47-48,51,56,59,61-67,69-73,97,112H,8-11,16-19,22,24-25,27-28,33-46,49-50,92-94H2,1-7H3,(H2,95,113)(H,96,119)(H,98,125)(H,99,121)(H,100,122)(H,101,118)(H,102,120)(H,103,123)(H,104,124)(H,114,115)(H,116,117)/t56-,59-,61+,62+,63+,64+,65+,66+,67+,69+,70+,71+,72+,73+,91-,111?/m1/s1. The Morgan fingerprint density at radius 1 is 0.542 bits per heavy atom. The number of benzene rings is 3. The maximum Gasteiger partial charge on any atom is 0.323 e. The van der Waals surface area contributed by atoms with Crippen LogP contribution in [-0.2, 0) is 107 Å². The van der Waals surface area contributed by atoms with Crippen LogP contribution in [0.4, 0.5) is 0 Å². The molecule has 10 rings (SSSR count). The monoisotopic (exact) mass is 1820 g/mol. The molecule has 1 spiro atoms. The number of fused-ring (bicyclic) bond motifs is 4. The van der Waals surface area contributed by atoms with Crippen LogP contribution in [0.5, 0.6) is 0 Å². The summed E-state index contributed by atoms with van der Waals surface area (Å²) in [7, 11) is 2.78. The summed E-state index contributed by atoms with van der Waals surface area (Å²) in [5, 5.41) is 54.9. The van der Waals surface area contributed by atoms with Crippen LogP contribution in [0, 0.1) is 12.8 Å². The molecule has 0 saturated carbocycles. The van der Waals surface area contributed by atoms with E-state index in [4.69, 9.17) is 22.9 Å². The number of aliphatic hydroxyl groups excluding tert-OH is 1. The lowest BCUT2D eigenvalue weighted by Crippen LogP contribution is -2.62. The maximum atomic E-state index is 16.0. The molecule has 20 N–H and O–H groups in total. The number of likely N-dealkylation sites (N-methyl/N-ethyl adjacent to an activating group) is 2. The second kappa shape index (κ2) is 45.9. The van der Waals surface area contributed by atoms with E-state index >= 15 is 38.4 Å². The van der Waals surface area contributed by atoms with Gasteiger partial charge in [0.1, 0.15) is 79.0 Å². The smallest absolute Gasteiger partial charge is 0.323 e. The van der Waals surface area contributed by atoms with Crippen LogP contribution in [0.15, 0.2) is 85.2 Å². The molecule has 0 radical (unpaired) electrons. The van der Waals surface area contributed by atoms with Crippen molar-refractivity contribution in [1.29, 1.82) is 0 Å². The van der Waals surface area contributed by atoms with Gasteiger partial charge in [-0.05, 0) is 125 Å². The Morgan fingerprint density at radius 3 is 1.76 bits per heavy atom. The number of nitrogens with one attached hydrogen (secondary N) is 9. The summed E-state index contributed by atoms with van der Waals surface area (Å²) in [6.45, 7) is 7.02. The number of aromatic nitrogens is 2. The fourth-order valence-electron chi connectivity index (χ4n) is 18.3. The predicted octanol–water partition coefficient (Wildman–Crippen LogP) is -0.825. The molecule has 0 unspecified atom stereocenters. The van der Waals surface area contributed by atoms with Crippen molar-refractivity contribution in [3.63, 3.8) is 0 Å². The SMILES string of the molecule is CCCC[C@H]1C(=O)N(C)[C@@H](CCCC)C(=O)N[C@@H](CC(C)C)C(=O)NCCC[C@@H](N)C(=O)N[C@@H](Cc2ccc(C)cc2)C(=O)N2CCCC[C@H]2C(=O)N[C@@H](CC(N)=O)C(=O)N2CCC[C@H]2C(=O)N[C@@H](CN)C(=O)N[C@@H](CCC(=O)O)C(=O)N2C[C@H](O)C[C@@]23C(=O)N3[C@@H](Cc2c[nH]c3ccccc23)C(=O)N[C@@H](CCN)C(=O)N[C@@H](Cc2cn(CC(=O)O)c3ccccc23)C(=O)N1C. The van der Waals surface area contributed by atoms with Gasteiger partial charge < -0.3 is 115 Å². The van der Waals surface area contributed by atoms with Crippen molar-refractivity contribution in [3.05, 3.63) is 107 Å². The van der Waals surface area contributed by atoms with Gasteiger partial charge in [0, 0.05) is 113 Å². The number of carbonyl (C=O) groups excluding carboxylic acids is 15. The van der Waals surface area contributed by atoms with Crippen molar-refractivity contribution in [2.75, 3.05) is 53.4 Å². The average Bonchev–Trinajstić information content (AvgIpc) is 1.51. The van der Waals surface area contributed by atoms with Gasteiger partial charge in [-0.15, -0.1) is 0 Å². The maximum absolute atomic E-state index is 16.0. The molecule has 15 atom stereocenters. The molecule has 131 heavy (non-hydrogen) atoms. The van der Waals surface area contributed by atoms with Gasteiger partial charge in [-0.2, -0.15) is 0 Å². The molecule has 5 aromatic rings. The molecule has 5 aliphatic rings. The highest BCUT2D eigenvalue weighted by molar-refractivity contribution is 6.10. The number of unbranched alkanes of at least 4 members (excludes halogenated alkanes) is 2. The highest BCUT2D eigenvalue weighted by Crippen LogP contribution is 2.49. The highest BCUT2D eigenvalue weighted by atomic mass is 16.4. The number of carbonyl (C=O) groups is 17. The molecule has 3 aromatic carbocycles. The van der Waals surface area contributed by atoms with E-state index in [9.17, 15) is 58.5 Å². The number of hydrogen-bond acceptors (Lipinski definition) is 21. The number of primary amides is 1. The largest absolute Gasteiger partial charge is 0.481 e. The molecule has 0 aliphatic carbocycles. The van der Waals surface area contributed by atoms with Gasteiger partial charge in [0.05, 0.1) is 18.6 Å². The average molecular weight is 1820 g/mol. The van der Waals surface area contributed by atoms with E-state index in [1.54, 1.807) is 66.9 Å². The van der Waals surface area contributed by atoms with Crippen LogP contribution in [0.1, 0.15) is 172 Å². The summed E-state index contributed by atoms with van der Waals surface area (Å²) in [5.41, 5.74) is 26.0. The van der Waals surface area contributed by atoms with Crippen molar-refractivity contribution >= 4 is 122 Å². The Bertz CT molecular complexity index is 5020. The number of aromatic amines is 1. The summed E-state index contributed by atoms with van der Waals surface area (Å²) >= 11 is 0. The molecular formula is C91H128N20O20. The minimum absolute atomic E-state index is 0.00638. The van der Waals surface area contributed by atoms with Crippen LogP contribution in [0.25, 0.3) is 21.8 Å². The zero-order chi connectivity index (χ0) is 95.4. The number of aliphatic hydroxyl groups is 1. The zero-order valence-electron chi connectivity index (χ0n) is 75.5. The van der Waals surface area contributed by atoms with E-state index in [2.05, 4.69) is 47.5 Å². The van der Waals surface area contributed by atoms with Crippen LogP contribution in [0.3, 0.4) is 0 Å². The third-order valence-electron chi connectivity index (χ3n) is 25.3. The van der Waals surface area contributed by atoms with E-state index in [1.165, 1.54) is 39.6 Å². The Hall–Kier alpha value is -12.4. The minimum atomic E-state index is -2.21. The molecule has 0 bridgehead atoms. The Morgan fingerprint density at radius 2 is 1.11 bits per heavy atom. The van der Waals surface area contributed by atoms with Gasteiger partial charge in [-0.1, -0.05) is 120 Å². The van der Waals surface area contributed by atoms with E-state index in [0.717, 1.165) is 20.3 Å². The van der Waals surface area contributed by atoms with Gasteiger partial charge in [0.2, 0.25) is 88.4 Å². The number of nitrogens with two attached hydrogens (primary N) is 4. The summed E-state index contributed by atoms with van der Waals surface area (Å²) in [4.78, 5) is 260. The van der Waals surface area contributed by atoms with Crippen LogP contribution in [-0.4, -0.2) is 298 Å². The van der Waals surface area contributed by atoms with E-state index in [1.807, 2.05) is 46.8 Å². The molecular weight excluding hydrogens is 1690 g/mol. The first-order valence-electron chi connectivity index (χ1n) is 45.4. The summed E-state index contributed by atoms with van der Waals surface area (Å²) in [5.74, 6) is -16.2. The molecule has 2 aromatic heterocycles. The molecule has 5 fully saturated rings. The molecule has 5 aliphatic heterocycles. The lowest BCUT2D eigenvalue weighted by Gasteiger charge is -2.38. The Balaban J connectivity index is 1.02. The zero-order valence-corrected chi connectivity index (χ0v) is 75.5. The first kappa shape index (κ1) is 101. The second-order valence-corrected chi connectivity index (χ2v) is 35.4. The number of aryl methyl sites for hydroxylation is 1. The number of carboxylic acids is 2. The summed E-state index contributed by atoms with van der Waals surface area (Å²) < 4.78 is 1.45. The lowest BCUT2D eigenvalue weighted by molar-refractivity contribution is -0.149. The fraction of sp³-hybridized carbons (Fsp3) is 0.571. The van der Waals surface area contributed by atoms with Crippen molar-refractivity contribution in [1.82, 2.24) is 81.5 Å². The number of aliphatic carboxylic acids is 2. The third kappa shape index (κ3) is 24.8. The van der Waals surface area contributed by atoms with E-state index in [0.29, 0.717) is 77.0 Å². The van der Waals surface area contributed by atoms with Crippen molar-refractivity contribution in [3.8, 4) is 0 Å². The Kier molecular flexibility index (Phi) is 35.3. The third-order valence-corrected chi connectivity index (χ3v) is 25.3. The van der Waals surface area contributed by atoms with Crippen LogP contribution >= 0.6 is 0 Å². The number of hydrogen-bond donors (Lipinski definition) is 16. The summed E-state index contributed by atoms with van der Waals surface area (Å²) in [6, 6.07) is 1.45. The number of rotatable bonds is 24. The number of nitrogens with zero attached hydrogens (tertiary/aromatic N) is 7. The van der Waals surface area contributed by atoms with Gasteiger partial charge >= 0.3 is 11.9 Å². The number of piperidine rings is 1. The van der Waals surface area contributed by atoms with Crippen LogP contribution in [0.2, 0.25) is 0 Å². The number of carboxylic acid groups (broad SMARTS) is 2. The quantitative estimate of drug-likeness (QED) is 0.0335. The first-order chi connectivity index (χ1) is 62.4. The summed E-state index contributed by atoms with van der Waals surface area (Å²) in [6.07, 6.45) is 0.875. The van der Waals surface area contributed by atoms with Gasteiger partial charge in [-0.25, -0.2) is 0 Å². The fourth-order valence-corrected chi connectivity index (χ4v) is 18.3. The van der Waals surface area contributed by atoms with Gasteiger partial charge in [-0.3, -0.25) is 86.4 Å². The molecule has 15 amide bonds. The van der Waals surface area contributed by atoms with Crippen molar-refractivity contribution in [2.45, 2.75) is 273 Å². The molecule has 7 heterocycles.